The van der Waals surface area contributed by atoms with E-state index in [0.717, 1.165) is 6.42 Å². The fourth-order valence-corrected chi connectivity index (χ4v) is 2.58. The van der Waals surface area contributed by atoms with Crippen molar-refractivity contribution in [1.29, 1.82) is 0 Å². The van der Waals surface area contributed by atoms with Gasteiger partial charge in [0, 0.05) is 24.7 Å². The van der Waals surface area contributed by atoms with Crippen LogP contribution in [-0.2, 0) is 4.74 Å². The van der Waals surface area contributed by atoms with Crippen molar-refractivity contribution in [1.82, 2.24) is 4.90 Å². The zero-order chi connectivity index (χ0) is 14.9. The molecule has 1 fully saturated rings. The second-order valence-electron chi connectivity index (χ2n) is 4.77. The highest BCUT2D eigenvalue weighted by atomic mass is 35.5. The molecule has 1 saturated heterocycles. The Kier molecular flexibility index (Phi) is 4.25. The van der Waals surface area contributed by atoms with E-state index in [1.54, 1.807) is 7.05 Å². The highest BCUT2D eigenvalue weighted by molar-refractivity contribution is 6.31. The molecule has 0 saturated carbocycles. The van der Waals surface area contributed by atoms with Crippen molar-refractivity contribution in [3.8, 4) is 0 Å². The summed E-state index contributed by atoms with van der Waals surface area (Å²) < 4.78 is 5.42. The summed E-state index contributed by atoms with van der Waals surface area (Å²) in [5, 5.41) is 11.3. The Hall–Kier alpha value is -1.66. The molecule has 108 valence electrons. The largest absolute Gasteiger partial charge is 0.376 e. The van der Waals surface area contributed by atoms with Crippen LogP contribution in [0.5, 0.6) is 0 Å². The van der Waals surface area contributed by atoms with Crippen LogP contribution in [0.1, 0.15) is 23.7 Å². The van der Waals surface area contributed by atoms with E-state index < -0.39 is 10.8 Å². The Morgan fingerprint density at radius 2 is 2.25 bits per heavy atom. The number of carbonyl (C=O) groups excluding carboxylic acids is 1. The van der Waals surface area contributed by atoms with Gasteiger partial charge in [-0.1, -0.05) is 11.6 Å². The molecule has 7 heteroatoms. The van der Waals surface area contributed by atoms with Crippen LogP contribution in [0.3, 0.4) is 0 Å². The molecule has 1 aliphatic rings. The lowest BCUT2D eigenvalue weighted by molar-refractivity contribution is -0.385. The summed E-state index contributed by atoms with van der Waals surface area (Å²) in [6.07, 6.45) is 0.639. The van der Waals surface area contributed by atoms with Crippen LogP contribution < -0.4 is 0 Å². The molecule has 1 aromatic carbocycles. The van der Waals surface area contributed by atoms with E-state index in [0.29, 0.717) is 11.6 Å². The third kappa shape index (κ3) is 2.76. The van der Waals surface area contributed by atoms with E-state index in [2.05, 4.69) is 0 Å². The molecule has 0 N–H and O–H groups in total. The number of hydrogen-bond donors (Lipinski definition) is 0. The first-order valence-corrected chi connectivity index (χ1v) is 6.62. The number of nitro groups is 1. The Bertz CT molecular complexity index is 549. The minimum Gasteiger partial charge on any atom is -0.376 e. The number of nitro benzene ring substituents is 1. The monoisotopic (exact) mass is 298 g/mol. The molecule has 2 atom stereocenters. The Balaban J connectivity index is 2.33. The smallest absolute Gasteiger partial charge is 0.282 e. The lowest BCUT2D eigenvalue weighted by Crippen LogP contribution is -2.41. The summed E-state index contributed by atoms with van der Waals surface area (Å²) >= 11 is 5.84. The molecule has 1 amide bonds. The van der Waals surface area contributed by atoms with Crippen molar-refractivity contribution in [2.45, 2.75) is 25.5 Å². The normalized spacial score (nSPS) is 21.8. The van der Waals surface area contributed by atoms with Crippen molar-refractivity contribution in [3.63, 3.8) is 0 Å². The molecular formula is C13H15ClN2O4. The zero-order valence-electron chi connectivity index (χ0n) is 11.2. The van der Waals surface area contributed by atoms with Gasteiger partial charge in [-0.15, -0.1) is 0 Å². The maximum absolute atomic E-state index is 12.5. The number of carbonyl (C=O) groups is 1. The second kappa shape index (κ2) is 5.76. The van der Waals surface area contributed by atoms with Gasteiger partial charge in [0.15, 0.2) is 0 Å². The number of nitrogens with zero attached hydrogens (tertiary/aromatic N) is 2. The predicted molar refractivity (Wildman–Crippen MR) is 74.0 cm³/mol. The van der Waals surface area contributed by atoms with E-state index in [4.69, 9.17) is 16.3 Å². The first kappa shape index (κ1) is 14.7. The van der Waals surface area contributed by atoms with Gasteiger partial charge in [0.1, 0.15) is 5.56 Å². The first-order valence-electron chi connectivity index (χ1n) is 6.24. The summed E-state index contributed by atoms with van der Waals surface area (Å²) in [6, 6.07) is 3.90. The predicted octanol–water partition coefficient (Wildman–Crippen LogP) is 2.50. The number of rotatable bonds is 3. The Morgan fingerprint density at radius 1 is 1.55 bits per heavy atom. The molecule has 1 aliphatic heterocycles. The summed E-state index contributed by atoms with van der Waals surface area (Å²) in [5.74, 6) is -0.415. The molecule has 1 heterocycles. The summed E-state index contributed by atoms with van der Waals surface area (Å²) in [7, 11) is 1.63. The van der Waals surface area contributed by atoms with E-state index in [1.165, 1.54) is 23.1 Å². The van der Waals surface area contributed by atoms with Gasteiger partial charge in [-0.2, -0.15) is 0 Å². The minimum absolute atomic E-state index is 0.00380. The van der Waals surface area contributed by atoms with Crippen LogP contribution in [-0.4, -0.2) is 41.5 Å². The maximum Gasteiger partial charge on any atom is 0.282 e. The molecule has 1 aromatic rings. The van der Waals surface area contributed by atoms with Crippen LogP contribution in [0.25, 0.3) is 0 Å². The summed E-state index contributed by atoms with van der Waals surface area (Å²) in [4.78, 5) is 24.4. The van der Waals surface area contributed by atoms with Gasteiger partial charge in [-0.05, 0) is 25.5 Å². The maximum atomic E-state index is 12.5. The number of ether oxygens (including phenoxy) is 1. The quantitative estimate of drug-likeness (QED) is 0.635. The standard InChI is InChI=1S/C13H15ClN2O4/c1-8-11(5-6-20-8)15(2)13(17)10-7-9(14)3-4-12(10)16(18)19/h3-4,7-8,11H,5-6H2,1-2H3. The molecule has 0 bridgehead atoms. The third-order valence-corrected chi connectivity index (χ3v) is 3.77. The average molecular weight is 299 g/mol. The van der Waals surface area contributed by atoms with Crippen LogP contribution >= 0.6 is 11.6 Å². The van der Waals surface area contributed by atoms with Crippen molar-refractivity contribution >= 4 is 23.2 Å². The summed E-state index contributed by atoms with van der Waals surface area (Å²) in [5.41, 5.74) is -0.234. The number of halogens is 1. The number of benzene rings is 1. The SMILES string of the molecule is CC1OCCC1N(C)C(=O)c1cc(Cl)ccc1[N+](=O)[O-]. The second-order valence-corrected chi connectivity index (χ2v) is 5.20. The van der Waals surface area contributed by atoms with E-state index in [-0.39, 0.29) is 23.4 Å². The number of hydrogen-bond acceptors (Lipinski definition) is 4. The van der Waals surface area contributed by atoms with Crippen molar-refractivity contribution in [2.24, 2.45) is 0 Å². The Morgan fingerprint density at radius 3 is 2.80 bits per heavy atom. The van der Waals surface area contributed by atoms with E-state index in [9.17, 15) is 14.9 Å². The fourth-order valence-electron chi connectivity index (χ4n) is 2.41. The van der Waals surface area contributed by atoms with Crippen LogP contribution in [0.2, 0.25) is 5.02 Å². The fraction of sp³-hybridized carbons (Fsp3) is 0.462. The molecule has 0 spiro atoms. The topological polar surface area (TPSA) is 72.7 Å². The van der Waals surface area contributed by atoms with E-state index >= 15 is 0 Å². The van der Waals surface area contributed by atoms with Gasteiger partial charge in [-0.3, -0.25) is 14.9 Å². The van der Waals surface area contributed by atoms with Gasteiger partial charge in [0.2, 0.25) is 0 Å². The minimum atomic E-state index is -0.577. The molecule has 0 radical (unpaired) electrons. The molecule has 2 unspecified atom stereocenters. The molecule has 0 aromatic heterocycles. The van der Waals surface area contributed by atoms with Gasteiger partial charge in [-0.25, -0.2) is 0 Å². The first-order chi connectivity index (χ1) is 9.41. The molecule has 2 rings (SSSR count). The van der Waals surface area contributed by atoms with Crippen LogP contribution in [0.15, 0.2) is 18.2 Å². The van der Waals surface area contributed by atoms with Gasteiger partial charge >= 0.3 is 0 Å². The van der Waals surface area contributed by atoms with Crippen molar-refractivity contribution in [3.05, 3.63) is 38.9 Å². The van der Waals surface area contributed by atoms with Crippen molar-refractivity contribution in [2.75, 3.05) is 13.7 Å². The van der Waals surface area contributed by atoms with Gasteiger partial charge in [0.25, 0.3) is 11.6 Å². The molecule has 0 aliphatic carbocycles. The zero-order valence-corrected chi connectivity index (χ0v) is 12.0. The highest BCUT2D eigenvalue weighted by Crippen LogP contribution is 2.26. The van der Waals surface area contributed by atoms with Gasteiger partial charge < -0.3 is 9.64 Å². The lowest BCUT2D eigenvalue weighted by Gasteiger charge is -2.26. The molecule has 20 heavy (non-hydrogen) atoms. The third-order valence-electron chi connectivity index (χ3n) is 3.54. The van der Waals surface area contributed by atoms with Crippen LogP contribution in [0, 0.1) is 10.1 Å². The summed E-state index contributed by atoms with van der Waals surface area (Å²) in [6.45, 7) is 2.47. The van der Waals surface area contributed by atoms with Crippen LogP contribution in [0.4, 0.5) is 5.69 Å². The van der Waals surface area contributed by atoms with Crippen molar-refractivity contribution < 1.29 is 14.5 Å². The average Bonchev–Trinajstić information content (AvgIpc) is 2.82. The number of amides is 1. The molecule has 6 nitrogen and oxygen atoms in total. The highest BCUT2D eigenvalue weighted by Gasteiger charge is 2.33. The lowest BCUT2D eigenvalue weighted by atomic mass is 10.1. The number of likely N-dealkylation sites (N-methyl/N-ethyl adjacent to an activating group) is 1. The van der Waals surface area contributed by atoms with Gasteiger partial charge in [0.05, 0.1) is 17.1 Å². The molecular weight excluding hydrogens is 284 g/mol. The van der Waals surface area contributed by atoms with E-state index in [1.807, 2.05) is 6.92 Å². The Labute approximate surface area is 121 Å².